The van der Waals surface area contributed by atoms with Gasteiger partial charge in [-0.3, -0.25) is 4.90 Å². The van der Waals surface area contributed by atoms with Gasteiger partial charge < -0.3 is 10.1 Å². The molecule has 0 spiro atoms. The normalized spacial score (nSPS) is 9.83. The van der Waals surface area contributed by atoms with Crippen LogP contribution in [0.3, 0.4) is 0 Å². The Labute approximate surface area is 145 Å². The molecule has 0 unspecified atom stereocenters. The second-order valence-electron chi connectivity index (χ2n) is 4.76. The zero-order valence-corrected chi connectivity index (χ0v) is 14.9. The van der Waals surface area contributed by atoms with Crippen LogP contribution < -0.4 is 10.2 Å². The molecule has 0 aromatic heterocycles. The second kappa shape index (κ2) is 8.04. The topological polar surface area (TPSA) is 58.6 Å². The van der Waals surface area contributed by atoms with Crippen LogP contribution in [0.1, 0.15) is 24.2 Å². The van der Waals surface area contributed by atoms with Crippen molar-refractivity contribution < 1.29 is 14.3 Å². The van der Waals surface area contributed by atoms with Crippen LogP contribution in [0.2, 0.25) is 10.0 Å². The number of hydrogen-bond acceptors (Lipinski definition) is 3. The first-order valence-electron chi connectivity index (χ1n) is 6.67. The van der Waals surface area contributed by atoms with Crippen molar-refractivity contribution >= 4 is 40.9 Å². The van der Waals surface area contributed by atoms with Crippen LogP contribution in [0.5, 0.6) is 0 Å². The Morgan fingerprint density at radius 3 is 2.13 bits per heavy atom. The largest absolute Gasteiger partial charge is 0.465 e. The SMILES string of the molecule is C=CC(=C(C)C)N(C(=O)NC)c1c(Cl)cc(C(=O)OC)cc1Cl. The first kappa shape index (κ1) is 19.1. The lowest BCUT2D eigenvalue weighted by Crippen LogP contribution is -2.38. The molecule has 0 radical (unpaired) electrons. The minimum Gasteiger partial charge on any atom is -0.465 e. The van der Waals surface area contributed by atoms with Crippen molar-refractivity contribution in [3.05, 3.63) is 51.7 Å². The second-order valence-corrected chi connectivity index (χ2v) is 5.57. The standard InChI is InChI=1S/C16H18Cl2N2O3/c1-6-13(9(2)3)20(16(22)19-4)14-11(17)7-10(8-12(14)18)15(21)23-5/h6-8H,1H2,2-5H3,(H,19,22). The summed E-state index contributed by atoms with van der Waals surface area (Å²) in [6.07, 6.45) is 1.53. The molecule has 0 saturated carbocycles. The van der Waals surface area contributed by atoms with E-state index in [0.29, 0.717) is 5.70 Å². The summed E-state index contributed by atoms with van der Waals surface area (Å²) >= 11 is 12.5. The highest BCUT2D eigenvalue weighted by Gasteiger charge is 2.25. The minimum absolute atomic E-state index is 0.141. The predicted molar refractivity (Wildman–Crippen MR) is 93.3 cm³/mol. The van der Waals surface area contributed by atoms with Crippen molar-refractivity contribution in [3.63, 3.8) is 0 Å². The van der Waals surface area contributed by atoms with E-state index < -0.39 is 12.0 Å². The van der Waals surface area contributed by atoms with Crippen LogP contribution in [0.25, 0.3) is 0 Å². The van der Waals surface area contributed by atoms with Gasteiger partial charge in [-0.25, -0.2) is 9.59 Å². The Morgan fingerprint density at radius 1 is 1.26 bits per heavy atom. The van der Waals surface area contributed by atoms with Gasteiger partial charge in [-0.05, 0) is 32.1 Å². The summed E-state index contributed by atoms with van der Waals surface area (Å²) in [7, 11) is 2.75. The summed E-state index contributed by atoms with van der Waals surface area (Å²) in [5, 5.41) is 2.81. The van der Waals surface area contributed by atoms with Gasteiger partial charge in [-0.1, -0.05) is 35.4 Å². The first-order valence-corrected chi connectivity index (χ1v) is 7.43. The van der Waals surface area contributed by atoms with E-state index in [0.717, 1.165) is 5.57 Å². The third-order valence-electron chi connectivity index (χ3n) is 3.03. The number of carbonyl (C=O) groups is 2. The Hall–Kier alpha value is -1.98. The Bertz CT molecular complexity index is 657. The molecule has 1 rings (SSSR count). The van der Waals surface area contributed by atoms with Crippen molar-refractivity contribution in [1.29, 1.82) is 0 Å². The van der Waals surface area contributed by atoms with E-state index in [4.69, 9.17) is 23.2 Å². The summed E-state index contributed by atoms with van der Waals surface area (Å²) in [5.41, 5.74) is 1.84. The molecule has 0 aliphatic carbocycles. The number of nitrogens with one attached hydrogen (secondary N) is 1. The van der Waals surface area contributed by atoms with Crippen molar-refractivity contribution in [2.45, 2.75) is 13.8 Å². The van der Waals surface area contributed by atoms with Gasteiger partial charge in [0.05, 0.1) is 28.4 Å². The number of hydrogen-bond donors (Lipinski definition) is 1. The van der Waals surface area contributed by atoms with E-state index in [1.807, 2.05) is 13.8 Å². The molecule has 0 aliphatic rings. The number of methoxy groups -OCH3 is 1. The van der Waals surface area contributed by atoms with Gasteiger partial charge in [0.1, 0.15) is 0 Å². The molecule has 0 atom stereocenters. The number of benzene rings is 1. The van der Waals surface area contributed by atoms with E-state index >= 15 is 0 Å². The molecular formula is C16H18Cl2N2O3. The minimum atomic E-state index is -0.571. The molecule has 0 heterocycles. The first-order chi connectivity index (χ1) is 10.8. The highest BCUT2D eigenvalue weighted by Crippen LogP contribution is 2.38. The molecule has 23 heavy (non-hydrogen) atoms. The summed E-state index contributed by atoms with van der Waals surface area (Å²) in [6, 6.07) is 2.36. The average molecular weight is 357 g/mol. The molecule has 0 fully saturated rings. The highest BCUT2D eigenvalue weighted by atomic mass is 35.5. The van der Waals surface area contributed by atoms with Crippen LogP contribution in [0.4, 0.5) is 10.5 Å². The van der Waals surface area contributed by atoms with Gasteiger partial charge in [0.2, 0.25) is 0 Å². The van der Waals surface area contributed by atoms with E-state index in [1.54, 1.807) is 0 Å². The van der Waals surface area contributed by atoms with E-state index in [-0.39, 0.29) is 21.3 Å². The van der Waals surface area contributed by atoms with Crippen molar-refractivity contribution in [2.75, 3.05) is 19.1 Å². The zero-order chi connectivity index (χ0) is 17.7. The lowest BCUT2D eigenvalue weighted by atomic mass is 10.1. The molecule has 2 amide bonds. The zero-order valence-electron chi connectivity index (χ0n) is 13.4. The lowest BCUT2D eigenvalue weighted by molar-refractivity contribution is 0.0600. The van der Waals surface area contributed by atoms with E-state index in [9.17, 15) is 9.59 Å². The summed E-state index contributed by atoms with van der Waals surface area (Å²) in [6.45, 7) is 7.39. The number of ether oxygens (including phenoxy) is 1. The van der Waals surface area contributed by atoms with Crippen molar-refractivity contribution in [3.8, 4) is 0 Å². The van der Waals surface area contributed by atoms with Gasteiger partial charge in [-0.15, -0.1) is 0 Å². The molecule has 0 saturated heterocycles. The number of nitrogens with zero attached hydrogens (tertiary/aromatic N) is 1. The van der Waals surface area contributed by atoms with Gasteiger partial charge >= 0.3 is 12.0 Å². The third-order valence-corrected chi connectivity index (χ3v) is 3.60. The molecule has 1 aromatic carbocycles. The van der Waals surface area contributed by atoms with Crippen LogP contribution in [-0.2, 0) is 4.74 Å². The van der Waals surface area contributed by atoms with Crippen molar-refractivity contribution in [1.82, 2.24) is 5.32 Å². The van der Waals surface area contributed by atoms with Crippen LogP contribution in [0.15, 0.2) is 36.1 Å². The number of esters is 1. The molecular weight excluding hydrogens is 339 g/mol. The smallest absolute Gasteiger partial charge is 0.337 e. The Kier molecular flexibility index (Phi) is 6.66. The monoisotopic (exact) mass is 356 g/mol. The predicted octanol–water partition coefficient (Wildman–Crippen LogP) is 4.41. The van der Waals surface area contributed by atoms with Gasteiger partial charge in [0, 0.05) is 12.7 Å². The molecule has 1 aromatic rings. The Balaban J connectivity index is 3.62. The van der Waals surface area contributed by atoms with Crippen LogP contribution >= 0.6 is 23.2 Å². The number of allylic oxidation sites excluding steroid dienone is 2. The number of urea groups is 1. The molecule has 0 bridgehead atoms. The molecule has 0 aliphatic heterocycles. The van der Waals surface area contributed by atoms with Crippen molar-refractivity contribution in [2.24, 2.45) is 0 Å². The maximum atomic E-state index is 12.3. The Morgan fingerprint density at radius 2 is 1.78 bits per heavy atom. The number of carbonyl (C=O) groups excluding carboxylic acids is 2. The van der Waals surface area contributed by atoms with Gasteiger partial charge in [0.15, 0.2) is 0 Å². The van der Waals surface area contributed by atoms with Gasteiger partial charge in [0.25, 0.3) is 0 Å². The van der Waals surface area contributed by atoms with Gasteiger partial charge in [-0.2, -0.15) is 0 Å². The molecule has 1 N–H and O–H groups in total. The quantitative estimate of drug-likeness (QED) is 0.642. The summed E-state index contributed by atoms with van der Waals surface area (Å²) in [4.78, 5) is 25.3. The number of halogens is 2. The molecule has 5 nitrogen and oxygen atoms in total. The fourth-order valence-corrected chi connectivity index (χ4v) is 2.63. The van der Waals surface area contributed by atoms with E-state index in [2.05, 4.69) is 16.6 Å². The van der Waals surface area contributed by atoms with Crippen LogP contribution in [-0.4, -0.2) is 26.2 Å². The average Bonchev–Trinajstić information content (AvgIpc) is 2.51. The van der Waals surface area contributed by atoms with Crippen LogP contribution in [0, 0.1) is 0 Å². The fraction of sp³-hybridized carbons (Fsp3) is 0.250. The number of anilines is 1. The summed E-state index contributed by atoms with van der Waals surface area (Å²) < 4.78 is 4.65. The highest BCUT2D eigenvalue weighted by molar-refractivity contribution is 6.40. The maximum absolute atomic E-state index is 12.3. The van der Waals surface area contributed by atoms with E-state index in [1.165, 1.54) is 37.3 Å². The summed E-state index contributed by atoms with van der Waals surface area (Å²) in [5.74, 6) is -0.571. The molecule has 124 valence electrons. The number of amides is 2. The maximum Gasteiger partial charge on any atom is 0.337 e. The number of rotatable bonds is 4. The molecule has 7 heteroatoms. The third kappa shape index (κ3) is 4.06. The lowest BCUT2D eigenvalue weighted by Gasteiger charge is -2.26. The fourth-order valence-electron chi connectivity index (χ4n) is 1.98.